The third-order valence-corrected chi connectivity index (χ3v) is 4.82. The quantitative estimate of drug-likeness (QED) is 0.739. The lowest BCUT2D eigenvalue weighted by molar-refractivity contribution is -0.119. The Morgan fingerprint density at radius 2 is 2.15 bits per heavy atom. The molecule has 1 amide bonds. The highest BCUT2D eigenvalue weighted by molar-refractivity contribution is 7.22. The lowest BCUT2D eigenvalue weighted by Crippen LogP contribution is -2.38. The van der Waals surface area contributed by atoms with Gasteiger partial charge in [-0.15, -0.1) is 0 Å². The Bertz CT molecular complexity index is 803. The molecule has 2 heterocycles. The predicted octanol–water partition coefficient (Wildman–Crippen LogP) is 2.48. The van der Waals surface area contributed by atoms with Crippen LogP contribution >= 0.6 is 11.3 Å². The summed E-state index contributed by atoms with van der Waals surface area (Å²) in [7, 11) is 3.93. The van der Waals surface area contributed by atoms with Crippen LogP contribution in [0.25, 0.3) is 10.2 Å². The van der Waals surface area contributed by atoms with Crippen LogP contribution in [0.15, 0.2) is 30.2 Å². The number of ether oxygens (including phenoxy) is 3. The van der Waals surface area contributed by atoms with Crippen molar-refractivity contribution in [3.8, 4) is 5.75 Å². The second-order valence-corrected chi connectivity index (χ2v) is 7.00. The highest BCUT2D eigenvalue weighted by Gasteiger charge is 2.26. The summed E-state index contributed by atoms with van der Waals surface area (Å²) in [6, 6.07) is 5.80. The number of rotatable bonds is 7. The molecule has 0 fully saturated rings. The lowest BCUT2D eigenvalue weighted by atomic mass is 10.3. The monoisotopic (exact) mass is 377 g/mol. The van der Waals surface area contributed by atoms with E-state index in [1.165, 1.54) is 17.6 Å². The van der Waals surface area contributed by atoms with Gasteiger partial charge in [0, 0.05) is 13.1 Å². The molecule has 1 aliphatic heterocycles. The maximum absolute atomic E-state index is 13.0. The Balaban J connectivity index is 1.95. The van der Waals surface area contributed by atoms with Gasteiger partial charge in [0.05, 0.1) is 11.3 Å². The molecule has 0 N–H and O–H groups in total. The van der Waals surface area contributed by atoms with Crippen molar-refractivity contribution >= 4 is 32.6 Å². The first-order valence-corrected chi connectivity index (χ1v) is 9.35. The molecule has 3 rings (SSSR count). The summed E-state index contributed by atoms with van der Waals surface area (Å²) in [5.41, 5.74) is 0.770. The van der Waals surface area contributed by atoms with Crippen LogP contribution in [-0.4, -0.2) is 62.8 Å². The van der Waals surface area contributed by atoms with Gasteiger partial charge in [0.25, 0.3) is 5.91 Å². The first-order chi connectivity index (χ1) is 12.6. The van der Waals surface area contributed by atoms with Gasteiger partial charge in [-0.25, -0.2) is 4.98 Å². The molecule has 1 aromatic heterocycles. The third kappa shape index (κ3) is 4.08. The molecule has 1 aromatic carbocycles. The highest BCUT2D eigenvalue weighted by atomic mass is 32.1. The van der Waals surface area contributed by atoms with Crippen LogP contribution in [0.3, 0.4) is 0 Å². The number of carbonyl (C=O) groups is 1. The molecule has 0 atom stereocenters. The van der Waals surface area contributed by atoms with E-state index in [0.717, 1.165) is 16.0 Å². The number of fused-ring (bicyclic) bond motifs is 1. The first-order valence-electron chi connectivity index (χ1n) is 8.53. The number of hydrogen-bond acceptors (Lipinski definition) is 7. The molecule has 0 spiro atoms. The van der Waals surface area contributed by atoms with E-state index < -0.39 is 0 Å². The Morgan fingerprint density at radius 1 is 1.31 bits per heavy atom. The number of amides is 1. The fourth-order valence-electron chi connectivity index (χ4n) is 2.50. The summed E-state index contributed by atoms with van der Waals surface area (Å²) in [4.78, 5) is 21.3. The minimum Gasteiger partial charge on any atom is -0.494 e. The molecule has 1 aliphatic rings. The second-order valence-electron chi connectivity index (χ2n) is 5.99. The molecular weight excluding hydrogens is 354 g/mol. The lowest BCUT2D eigenvalue weighted by Gasteiger charge is -2.24. The summed E-state index contributed by atoms with van der Waals surface area (Å²) < 4.78 is 17.4. The van der Waals surface area contributed by atoms with E-state index in [0.29, 0.717) is 38.0 Å². The topological polar surface area (TPSA) is 64.1 Å². The molecule has 26 heavy (non-hydrogen) atoms. The molecule has 0 saturated carbocycles. The zero-order chi connectivity index (χ0) is 18.5. The van der Waals surface area contributed by atoms with E-state index in [1.54, 1.807) is 4.90 Å². The minimum absolute atomic E-state index is 0.208. The average molecular weight is 377 g/mol. The molecule has 0 unspecified atom stereocenters. The van der Waals surface area contributed by atoms with Gasteiger partial charge in [0.2, 0.25) is 5.76 Å². The average Bonchev–Trinajstić information content (AvgIpc) is 3.07. The molecule has 7 nitrogen and oxygen atoms in total. The van der Waals surface area contributed by atoms with E-state index >= 15 is 0 Å². The highest BCUT2D eigenvalue weighted by Crippen LogP contribution is 2.34. The van der Waals surface area contributed by atoms with E-state index in [2.05, 4.69) is 4.98 Å². The van der Waals surface area contributed by atoms with Crippen molar-refractivity contribution in [3.05, 3.63) is 30.2 Å². The first kappa shape index (κ1) is 18.5. The maximum atomic E-state index is 13.0. The molecule has 0 aliphatic carbocycles. The van der Waals surface area contributed by atoms with Crippen molar-refractivity contribution in [1.82, 2.24) is 9.88 Å². The van der Waals surface area contributed by atoms with Gasteiger partial charge in [-0.1, -0.05) is 17.4 Å². The van der Waals surface area contributed by atoms with Gasteiger partial charge < -0.3 is 19.1 Å². The molecule has 140 valence electrons. The third-order valence-electron chi connectivity index (χ3n) is 3.78. The number of anilines is 1. The molecule has 0 radical (unpaired) electrons. The standard InChI is InChI=1S/C18H23N3O4S/c1-4-24-13-6-5-7-15-16(13)19-18(26-15)21(9-8-20(2)3)17(22)14-12-23-10-11-25-14/h5-7,12H,4,8-11H2,1-3H3. The van der Waals surface area contributed by atoms with Crippen LogP contribution in [0.4, 0.5) is 5.13 Å². The largest absolute Gasteiger partial charge is 0.494 e. The number of nitrogens with zero attached hydrogens (tertiary/aromatic N) is 3. The van der Waals surface area contributed by atoms with Crippen molar-refractivity contribution in [1.29, 1.82) is 0 Å². The fourth-order valence-corrected chi connectivity index (χ4v) is 3.50. The Morgan fingerprint density at radius 3 is 2.85 bits per heavy atom. The summed E-state index contributed by atoms with van der Waals surface area (Å²) in [5, 5.41) is 0.620. The van der Waals surface area contributed by atoms with E-state index in [9.17, 15) is 4.79 Å². The predicted molar refractivity (Wildman–Crippen MR) is 102 cm³/mol. The number of hydrogen-bond donors (Lipinski definition) is 0. The number of carbonyl (C=O) groups excluding carboxylic acids is 1. The number of aromatic nitrogens is 1. The minimum atomic E-state index is -0.247. The summed E-state index contributed by atoms with van der Waals surface area (Å²) in [5.74, 6) is 0.687. The Labute approximate surface area is 156 Å². The maximum Gasteiger partial charge on any atom is 0.298 e. The summed E-state index contributed by atoms with van der Waals surface area (Å²) in [6.45, 7) is 4.52. The van der Waals surface area contributed by atoms with Gasteiger partial charge >= 0.3 is 0 Å². The molecule has 8 heteroatoms. The van der Waals surface area contributed by atoms with Crippen molar-refractivity contribution < 1.29 is 19.0 Å². The second kappa shape index (κ2) is 8.37. The summed E-state index contributed by atoms with van der Waals surface area (Å²) >= 11 is 1.46. The SMILES string of the molecule is CCOc1cccc2sc(N(CCN(C)C)C(=O)C3=COCCO3)nc12. The van der Waals surface area contributed by atoms with Crippen molar-refractivity contribution in [3.63, 3.8) is 0 Å². The molecule has 0 saturated heterocycles. The fraction of sp³-hybridized carbons (Fsp3) is 0.444. The van der Waals surface area contributed by atoms with Crippen molar-refractivity contribution in [2.45, 2.75) is 6.92 Å². The van der Waals surface area contributed by atoms with Crippen LogP contribution in [0.5, 0.6) is 5.75 Å². The number of likely N-dealkylation sites (N-methyl/N-ethyl adjacent to an activating group) is 1. The van der Waals surface area contributed by atoms with Crippen LogP contribution in [0.1, 0.15) is 6.92 Å². The molecular formula is C18H23N3O4S. The Kier molecular flexibility index (Phi) is 5.95. The molecule has 0 bridgehead atoms. The number of para-hydroxylation sites is 1. The normalized spacial score (nSPS) is 13.9. The summed E-state index contributed by atoms with van der Waals surface area (Å²) in [6.07, 6.45) is 1.38. The van der Waals surface area contributed by atoms with Crippen LogP contribution < -0.4 is 9.64 Å². The van der Waals surface area contributed by atoms with E-state index in [4.69, 9.17) is 14.2 Å². The van der Waals surface area contributed by atoms with Crippen molar-refractivity contribution in [2.24, 2.45) is 0 Å². The van der Waals surface area contributed by atoms with Gasteiger partial charge in [-0.3, -0.25) is 9.69 Å². The van der Waals surface area contributed by atoms with Crippen LogP contribution in [0.2, 0.25) is 0 Å². The van der Waals surface area contributed by atoms with Gasteiger partial charge in [-0.2, -0.15) is 0 Å². The van der Waals surface area contributed by atoms with Gasteiger partial charge in [0.15, 0.2) is 5.13 Å². The smallest absolute Gasteiger partial charge is 0.298 e. The van der Waals surface area contributed by atoms with Gasteiger partial charge in [-0.05, 0) is 33.2 Å². The van der Waals surface area contributed by atoms with Crippen molar-refractivity contribution in [2.75, 3.05) is 51.9 Å². The zero-order valence-corrected chi connectivity index (χ0v) is 16.0. The van der Waals surface area contributed by atoms with Gasteiger partial charge in [0.1, 0.15) is 30.7 Å². The van der Waals surface area contributed by atoms with E-state index in [1.807, 2.05) is 44.1 Å². The van der Waals surface area contributed by atoms with Crippen LogP contribution in [-0.2, 0) is 14.3 Å². The number of benzene rings is 1. The number of thiazole rings is 1. The zero-order valence-electron chi connectivity index (χ0n) is 15.2. The van der Waals surface area contributed by atoms with Crippen LogP contribution in [0, 0.1) is 0 Å². The Hall–Kier alpha value is -2.32. The van der Waals surface area contributed by atoms with E-state index in [-0.39, 0.29) is 11.7 Å². The molecule has 2 aromatic rings.